The Hall–Kier alpha value is -0.590. The molecule has 0 bridgehead atoms. The summed E-state index contributed by atoms with van der Waals surface area (Å²) >= 11 is 0. The van der Waals surface area contributed by atoms with Crippen molar-refractivity contribution in [2.75, 3.05) is 0 Å². The fourth-order valence-corrected chi connectivity index (χ4v) is 2.62. The predicted molar refractivity (Wildman–Crippen MR) is 94.4 cm³/mol. The van der Waals surface area contributed by atoms with Crippen molar-refractivity contribution in [1.82, 2.24) is 0 Å². The normalized spacial score (nSPS) is 11.3. The molecule has 0 fully saturated rings. The highest BCUT2D eigenvalue weighted by Gasteiger charge is 1.92. The first-order chi connectivity index (χ1) is 10.4. The lowest BCUT2D eigenvalue weighted by molar-refractivity contribution is 0.540. The maximum atomic E-state index is 10.0. The van der Waals surface area contributed by atoms with Gasteiger partial charge in [-0.2, -0.15) is 0 Å². The molecule has 0 aromatic heterocycles. The molecule has 0 saturated heterocycles. The summed E-state index contributed by atoms with van der Waals surface area (Å²) in [5, 5.41) is 0. The third-order valence-electron chi connectivity index (χ3n) is 4.04. The van der Waals surface area contributed by atoms with Crippen molar-refractivity contribution in [3.8, 4) is 0 Å². The van der Waals surface area contributed by atoms with Crippen LogP contribution in [0.2, 0.25) is 0 Å². The lowest BCUT2D eigenvalue weighted by Crippen LogP contribution is -1.81. The summed E-state index contributed by atoms with van der Waals surface area (Å²) in [6, 6.07) is 0. The zero-order valence-electron chi connectivity index (χ0n) is 14.4. The molecule has 123 valence electrons. The van der Waals surface area contributed by atoms with Gasteiger partial charge in [0.15, 0.2) is 6.29 Å². The monoisotopic (exact) mass is 293 g/mol. The minimum atomic E-state index is 0.628. The molecule has 0 aliphatic heterocycles. The van der Waals surface area contributed by atoms with Crippen LogP contribution in [-0.2, 0) is 4.79 Å². The van der Waals surface area contributed by atoms with Crippen LogP contribution in [0.25, 0.3) is 0 Å². The molecule has 0 aromatic rings. The zero-order chi connectivity index (χ0) is 15.4. The highest BCUT2D eigenvalue weighted by atomic mass is 16.1. The number of unbranched alkanes of at least 4 members (excludes halogenated alkanes) is 14. The molecule has 0 aliphatic carbocycles. The lowest BCUT2D eigenvalue weighted by Gasteiger charge is -2.00. The van der Waals surface area contributed by atoms with Crippen molar-refractivity contribution in [3.05, 3.63) is 12.2 Å². The third kappa shape index (κ3) is 19.4. The van der Waals surface area contributed by atoms with Gasteiger partial charge in [-0.05, 0) is 32.1 Å². The summed E-state index contributed by atoms with van der Waals surface area (Å²) in [5.74, 6) is 0. The van der Waals surface area contributed by atoms with E-state index in [0.717, 1.165) is 6.42 Å². The molecular weight excluding hydrogens is 256 g/mol. The molecule has 21 heavy (non-hydrogen) atoms. The van der Waals surface area contributed by atoms with E-state index in [1.807, 2.05) is 6.29 Å². The van der Waals surface area contributed by atoms with E-state index in [4.69, 9.17) is 0 Å². The number of allylic oxidation sites excluding steroid dienone is 2. The molecule has 0 rings (SSSR count). The van der Waals surface area contributed by atoms with Gasteiger partial charge in [0.1, 0.15) is 0 Å². The van der Waals surface area contributed by atoms with Crippen molar-refractivity contribution in [2.45, 2.75) is 110 Å². The first-order valence-electron chi connectivity index (χ1n) is 9.41. The summed E-state index contributed by atoms with van der Waals surface area (Å²) in [7, 11) is 0. The van der Waals surface area contributed by atoms with Crippen LogP contribution in [0.15, 0.2) is 12.2 Å². The molecule has 1 heteroatoms. The summed E-state index contributed by atoms with van der Waals surface area (Å²) in [4.78, 5) is 10.0. The molecule has 0 N–H and O–H groups in total. The largest absolute Gasteiger partial charge is 0.291 e. The van der Waals surface area contributed by atoms with Gasteiger partial charge in [-0.1, -0.05) is 83.3 Å². The second kappa shape index (κ2) is 19.4. The second-order valence-electron chi connectivity index (χ2n) is 6.19. The summed E-state index contributed by atoms with van der Waals surface area (Å²) in [6.07, 6.45) is 27.2. The van der Waals surface area contributed by atoms with Crippen molar-refractivity contribution < 1.29 is 4.79 Å². The molecule has 0 heterocycles. The predicted octanol–water partition coefficient (Wildman–Crippen LogP) is 6.91. The molecule has 1 radical (unpaired) electrons. The van der Waals surface area contributed by atoms with Gasteiger partial charge in [-0.15, -0.1) is 0 Å². The fourth-order valence-electron chi connectivity index (χ4n) is 2.62. The van der Waals surface area contributed by atoms with Crippen molar-refractivity contribution in [3.63, 3.8) is 0 Å². The Morgan fingerprint density at radius 2 is 1.05 bits per heavy atom. The van der Waals surface area contributed by atoms with Gasteiger partial charge in [0.25, 0.3) is 0 Å². The van der Waals surface area contributed by atoms with Crippen LogP contribution < -0.4 is 0 Å². The summed E-state index contributed by atoms with van der Waals surface area (Å²) in [5.41, 5.74) is 0. The van der Waals surface area contributed by atoms with Crippen LogP contribution in [-0.4, -0.2) is 6.29 Å². The molecule has 0 unspecified atom stereocenters. The quantitative estimate of drug-likeness (QED) is 0.210. The minimum absolute atomic E-state index is 0.628. The Morgan fingerprint density at radius 3 is 1.52 bits per heavy atom. The van der Waals surface area contributed by atoms with E-state index >= 15 is 0 Å². The topological polar surface area (TPSA) is 17.1 Å². The van der Waals surface area contributed by atoms with Gasteiger partial charge in [0, 0.05) is 6.42 Å². The van der Waals surface area contributed by atoms with Crippen LogP contribution in [0, 0.1) is 0 Å². The molecule has 0 aliphatic rings. The molecule has 0 atom stereocenters. The van der Waals surface area contributed by atoms with Crippen LogP contribution in [0.4, 0.5) is 0 Å². The van der Waals surface area contributed by atoms with Gasteiger partial charge >= 0.3 is 0 Å². The van der Waals surface area contributed by atoms with E-state index < -0.39 is 0 Å². The van der Waals surface area contributed by atoms with Gasteiger partial charge in [-0.3, -0.25) is 4.79 Å². The Morgan fingerprint density at radius 1 is 0.619 bits per heavy atom. The zero-order valence-corrected chi connectivity index (χ0v) is 14.4. The van der Waals surface area contributed by atoms with Crippen LogP contribution in [0.3, 0.4) is 0 Å². The van der Waals surface area contributed by atoms with Crippen molar-refractivity contribution in [2.24, 2.45) is 0 Å². The lowest BCUT2D eigenvalue weighted by atomic mass is 10.1. The van der Waals surface area contributed by atoms with Crippen LogP contribution in [0.5, 0.6) is 0 Å². The first kappa shape index (κ1) is 20.4. The average molecular weight is 294 g/mol. The van der Waals surface area contributed by atoms with E-state index in [0.29, 0.717) is 6.42 Å². The van der Waals surface area contributed by atoms with E-state index in [-0.39, 0.29) is 0 Å². The molecule has 0 amide bonds. The standard InChI is InChI=1S/C20H37O/c1-2-3-4-5-6-7-8-9-10-11-12-13-14-15-16-17-18-19-20-21/h9-10H,2-8,11-19H2,1H3. The highest BCUT2D eigenvalue weighted by molar-refractivity contribution is 5.50. The third-order valence-corrected chi connectivity index (χ3v) is 4.04. The average Bonchev–Trinajstić information content (AvgIpc) is 2.50. The Bertz CT molecular complexity index is 220. The van der Waals surface area contributed by atoms with E-state index in [1.165, 1.54) is 89.9 Å². The Balaban J connectivity index is 3.03. The molecule has 0 aromatic carbocycles. The van der Waals surface area contributed by atoms with Crippen molar-refractivity contribution >= 4 is 6.29 Å². The SMILES string of the molecule is CCCCCCCCC=CCCCCCCCCC[C]=O. The molecule has 0 saturated carbocycles. The highest BCUT2D eigenvalue weighted by Crippen LogP contribution is 2.10. The smallest absolute Gasteiger partial charge is 0.198 e. The van der Waals surface area contributed by atoms with Gasteiger partial charge in [-0.25, -0.2) is 0 Å². The maximum absolute atomic E-state index is 10.0. The number of rotatable bonds is 17. The summed E-state index contributed by atoms with van der Waals surface area (Å²) < 4.78 is 0. The van der Waals surface area contributed by atoms with E-state index in [1.54, 1.807) is 0 Å². The van der Waals surface area contributed by atoms with Crippen LogP contribution in [0.1, 0.15) is 110 Å². The summed E-state index contributed by atoms with van der Waals surface area (Å²) in [6.45, 7) is 2.27. The van der Waals surface area contributed by atoms with Gasteiger partial charge in [0.2, 0.25) is 0 Å². The Kier molecular flexibility index (Phi) is 18.9. The van der Waals surface area contributed by atoms with Crippen molar-refractivity contribution in [1.29, 1.82) is 0 Å². The number of hydrogen-bond donors (Lipinski definition) is 0. The van der Waals surface area contributed by atoms with Crippen LogP contribution >= 0.6 is 0 Å². The molecule has 0 spiro atoms. The number of hydrogen-bond acceptors (Lipinski definition) is 1. The molecular formula is C20H37O. The fraction of sp³-hybridized carbons (Fsp3) is 0.850. The molecule has 1 nitrogen and oxygen atoms in total. The first-order valence-corrected chi connectivity index (χ1v) is 9.41. The van der Waals surface area contributed by atoms with E-state index in [9.17, 15) is 4.79 Å². The second-order valence-corrected chi connectivity index (χ2v) is 6.19. The van der Waals surface area contributed by atoms with Gasteiger partial charge in [0.05, 0.1) is 0 Å². The maximum Gasteiger partial charge on any atom is 0.198 e. The van der Waals surface area contributed by atoms with E-state index in [2.05, 4.69) is 19.1 Å². The minimum Gasteiger partial charge on any atom is -0.291 e. The Labute approximate surface area is 133 Å². The number of carbonyl (C=O) groups excluding carboxylic acids is 1. The van der Waals surface area contributed by atoms with Gasteiger partial charge < -0.3 is 0 Å².